The van der Waals surface area contributed by atoms with Gasteiger partial charge < -0.3 is 14.5 Å². The van der Waals surface area contributed by atoms with Crippen LogP contribution in [-0.4, -0.2) is 68.8 Å². The lowest BCUT2D eigenvalue weighted by molar-refractivity contribution is 0.0570. The zero-order valence-electron chi connectivity index (χ0n) is 17.7. The van der Waals surface area contributed by atoms with Gasteiger partial charge in [-0.1, -0.05) is 17.8 Å². The van der Waals surface area contributed by atoms with Crippen molar-refractivity contribution < 1.29 is 31.5 Å². The molecule has 0 saturated carbocycles. The van der Waals surface area contributed by atoms with Crippen molar-refractivity contribution in [1.29, 1.82) is 0 Å². The summed E-state index contributed by atoms with van der Waals surface area (Å²) in [5, 5.41) is 0. The highest BCUT2D eigenvalue weighted by Gasteiger charge is 2.26. The van der Waals surface area contributed by atoms with Crippen LogP contribution in [0, 0.1) is 0 Å². The second-order valence-corrected chi connectivity index (χ2v) is 9.76. The first-order chi connectivity index (χ1) is 15.7. The lowest BCUT2D eigenvalue weighted by Gasteiger charge is -2.34. The van der Waals surface area contributed by atoms with Crippen LogP contribution in [0.3, 0.4) is 0 Å². The fraction of sp³-hybridized carbons (Fsp3) is 0.333. The molecular formula is C21H23F2N3O5S2. The normalized spacial score (nSPS) is 14.3. The Hall–Kier alpha value is -2.86. The van der Waals surface area contributed by atoms with E-state index in [1.54, 1.807) is 11.8 Å². The monoisotopic (exact) mass is 499 g/mol. The zero-order chi connectivity index (χ0) is 24.0. The number of amides is 2. The van der Waals surface area contributed by atoms with Crippen LogP contribution in [0.25, 0.3) is 0 Å². The smallest absolute Gasteiger partial charge is 0.409 e. The van der Waals surface area contributed by atoms with Crippen LogP contribution < -0.4 is 4.72 Å². The number of ether oxygens (including phenoxy) is 1. The SMILES string of the molecule is CCOC(=O)N1CCN(C(=O)c2cccc(S(=O)(=O)Nc3ccc(SC(F)F)cc3)c2)CC1. The molecule has 0 radical (unpaired) electrons. The maximum atomic E-state index is 12.9. The standard InChI is InChI=1S/C21H23F2N3O5S2/c1-2-31-21(28)26-12-10-25(11-13-26)19(27)15-4-3-5-18(14-15)33(29,30)24-16-6-8-17(9-7-16)32-20(22)23/h3-9,14,20,24H,2,10-13H2,1H3. The number of benzene rings is 2. The van der Waals surface area contributed by atoms with Crippen molar-refractivity contribution in [2.24, 2.45) is 0 Å². The molecule has 2 amide bonds. The van der Waals surface area contributed by atoms with E-state index in [4.69, 9.17) is 4.74 Å². The molecule has 1 fully saturated rings. The number of thioether (sulfide) groups is 1. The van der Waals surface area contributed by atoms with Crippen LogP contribution in [0.5, 0.6) is 0 Å². The van der Waals surface area contributed by atoms with Crippen LogP contribution in [-0.2, 0) is 14.8 Å². The maximum Gasteiger partial charge on any atom is 0.409 e. The second-order valence-electron chi connectivity index (χ2n) is 7.01. The molecular weight excluding hydrogens is 476 g/mol. The third-order valence-corrected chi connectivity index (χ3v) is 6.92. The number of piperazine rings is 1. The van der Waals surface area contributed by atoms with Crippen molar-refractivity contribution in [1.82, 2.24) is 9.80 Å². The van der Waals surface area contributed by atoms with Gasteiger partial charge in [0.2, 0.25) is 0 Å². The summed E-state index contributed by atoms with van der Waals surface area (Å²) in [6.45, 7) is 3.24. The first-order valence-electron chi connectivity index (χ1n) is 10.1. The van der Waals surface area contributed by atoms with Crippen molar-refractivity contribution in [3.63, 3.8) is 0 Å². The molecule has 0 bridgehead atoms. The zero-order valence-corrected chi connectivity index (χ0v) is 19.4. The summed E-state index contributed by atoms with van der Waals surface area (Å²) in [6.07, 6.45) is -0.426. The molecule has 1 heterocycles. The average molecular weight is 500 g/mol. The highest BCUT2D eigenvalue weighted by molar-refractivity contribution is 7.99. The summed E-state index contributed by atoms with van der Waals surface area (Å²) in [6, 6.07) is 11.2. The summed E-state index contributed by atoms with van der Waals surface area (Å²) < 4.78 is 57.8. The fourth-order valence-corrected chi connectivity index (χ4v) is 4.81. The largest absolute Gasteiger partial charge is 0.450 e. The van der Waals surface area contributed by atoms with Crippen molar-refractivity contribution in [3.8, 4) is 0 Å². The third-order valence-electron chi connectivity index (χ3n) is 4.82. The topological polar surface area (TPSA) is 96.0 Å². The molecule has 3 rings (SSSR count). The van der Waals surface area contributed by atoms with E-state index in [-0.39, 0.29) is 28.7 Å². The molecule has 33 heavy (non-hydrogen) atoms. The number of anilines is 1. The number of nitrogens with zero attached hydrogens (tertiary/aromatic N) is 2. The Morgan fingerprint density at radius 1 is 1.06 bits per heavy atom. The minimum Gasteiger partial charge on any atom is -0.450 e. The summed E-state index contributed by atoms with van der Waals surface area (Å²) in [7, 11) is -4.01. The first-order valence-corrected chi connectivity index (χ1v) is 12.4. The second kappa shape index (κ2) is 10.8. The molecule has 12 heteroatoms. The number of carbonyl (C=O) groups is 2. The van der Waals surface area contributed by atoms with Gasteiger partial charge in [-0.05, 0) is 49.4 Å². The molecule has 2 aromatic rings. The molecule has 0 aromatic heterocycles. The maximum absolute atomic E-state index is 12.9. The lowest BCUT2D eigenvalue weighted by Crippen LogP contribution is -2.50. The molecule has 2 aromatic carbocycles. The molecule has 0 spiro atoms. The minimum absolute atomic E-state index is 0.107. The molecule has 8 nitrogen and oxygen atoms in total. The Bertz CT molecular complexity index is 1090. The van der Waals surface area contributed by atoms with E-state index >= 15 is 0 Å². The fourth-order valence-electron chi connectivity index (χ4n) is 3.20. The van der Waals surface area contributed by atoms with Gasteiger partial charge in [0.05, 0.1) is 11.5 Å². The predicted molar refractivity (Wildman–Crippen MR) is 120 cm³/mol. The van der Waals surface area contributed by atoms with E-state index in [0.29, 0.717) is 42.8 Å². The van der Waals surface area contributed by atoms with Crippen LogP contribution in [0.1, 0.15) is 17.3 Å². The van der Waals surface area contributed by atoms with E-state index in [2.05, 4.69) is 4.72 Å². The number of hydrogen-bond acceptors (Lipinski definition) is 6. The van der Waals surface area contributed by atoms with E-state index in [1.807, 2.05) is 0 Å². The quantitative estimate of drug-likeness (QED) is 0.584. The van der Waals surface area contributed by atoms with Gasteiger partial charge in [0.25, 0.3) is 21.7 Å². The number of alkyl halides is 2. The molecule has 1 aliphatic heterocycles. The Morgan fingerprint density at radius 2 is 1.70 bits per heavy atom. The molecule has 1 N–H and O–H groups in total. The molecule has 178 valence electrons. The Balaban J connectivity index is 1.67. The highest BCUT2D eigenvalue weighted by Crippen LogP contribution is 2.27. The number of carbonyl (C=O) groups excluding carboxylic acids is 2. The number of sulfonamides is 1. The van der Waals surface area contributed by atoms with Gasteiger partial charge in [-0.15, -0.1) is 0 Å². The van der Waals surface area contributed by atoms with Crippen molar-refractivity contribution >= 4 is 39.5 Å². The summed E-state index contributed by atoms with van der Waals surface area (Å²) in [5.74, 6) is -2.91. The van der Waals surface area contributed by atoms with E-state index in [1.165, 1.54) is 53.4 Å². The molecule has 1 aliphatic rings. The van der Waals surface area contributed by atoms with Gasteiger partial charge in [-0.3, -0.25) is 9.52 Å². The van der Waals surface area contributed by atoms with Crippen LogP contribution in [0.4, 0.5) is 19.3 Å². The number of hydrogen-bond donors (Lipinski definition) is 1. The molecule has 0 aliphatic carbocycles. The Labute approximate surface area is 194 Å². The Kier molecular flexibility index (Phi) is 8.14. The predicted octanol–water partition coefficient (Wildman–Crippen LogP) is 3.72. The Morgan fingerprint density at radius 3 is 2.30 bits per heavy atom. The first kappa shape index (κ1) is 24.8. The van der Waals surface area contributed by atoms with Gasteiger partial charge in [0.1, 0.15) is 0 Å². The van der Waals surface area contributed by atoms with Gasteiger partial charge >= 0.3 is 6.09 Å². The summed E-state index contributed by atoms with van der Waals surface area (Å²) >= 11 is 0.363. The van der Waals surface area contributed by atoms with Gasteiger partial charge in [-0.25, -0.2) is 13.2 Å². The number of rotatable bonds is 7. The third kappa shape index (κ3) is 6.57. The van der Waals surface area contributed by atoms with E-state index < -0.39 is 21.9 Å². The number of halogens is 2. The number of nitrogens with one attached hydrogen (secondary N) is 1. The lowest BCUT2D eigenvalue weighted by atomic mass is 10.2. The van der Waals surface area contributed by atoms with E-state index in [0.717, 1.165) is 0 Å². The van der Waals surface area contributed by atoms with Crippen molar-refractivity contribution in [3.05, 3.63) is 54.1 Å². The van der Waals surface area contributed by atoms with Crippen molar-refractivity contribution in [2.75, 3.05) is 37.5 Å². The van der Waals surface area contributed by atoms with Crippen molar-refractivity contribution in [2.45, 2.75) is 22.5 Å². The van der Waals surface area contributed by atoms with Crippen LogP contribution >= 0.6 is 11.8 Å². The molecule has 0 atom stereocenters. The molecule has 1 saturated heterocycles. The molecule has 0 unspecified atom stereocenters. The van der Waals surface area contributed by atoms with Gasteiger partial charge in [0, 0.05) is 42.3 Å². The van der Waals surface area contributed by atoms with E-state index in [9.17, 15) is 26.8 Å². The summed E-state index contributed by atoms with van der Waals surface area (Å²) in [4.78, 5) is 28.0. The highest BCUT2D eigenvalue weighted by atomic mass is 32.2. The van der Waals surface area contributed by atoms with Gasteiger partial charge in [-0.2, -0.15) is 8.78 Å². The average Bonchev–Trinajstić information content (AvgIpc) is 2.80. The summed E-state index contributed by atoms with van der Waals surface area (Å²) in [5.41, 5.74) is 0.409. The minimum atomic E-state index is -4.01. The van der Waals surface area contributed by atoms with Crippen LogP contribution in [0.15, 0.2) is 58.3 Å². The van der Waals surface area contributed by atoms with Crippen LogP contribution in [0.2, 0.25) is 0 Å². The van der Waals surface area contributed by atoms with Gasteiger partial charge in [0.15, 0.2) is 0 Å².